The molecule has 0 amide bonds. The van der Waals surface area contributed by atoms with Crippen LogP contribution in [0.4, 0.5) is 0 Å². The molecule has 6 atom stereocenters. The van der Waals surface area contributed by atoms with Gasteiger partial charge in [0, 0.05) is 4.47 Å². The Balaban J connectivity index is 1.72. The second-order valence-corrected chi connectivity index (χ2v) is 6.37. The minimum atomic E-state index is 0.364. The summed E-state index contributed by atoms with van der Waals surface area (Å²) in [4.78, 5) is 0. The van der Waals surface area contributed by atoms with E-state index in [9.17, 15) is 5.26 Å². The molecule has 0 aromatic heterocycles. The molecule has 4 fully saturated rings. The number of hydrogen-bond donors (Lipinski definition) is 0. The molecular weight excluding hydrogens is 262 g/mol. The van der Waals surface area contributed by atoms with Gasteiger partial charge in [-0.2, -0.15) is 5.26 Å². The third kappa shape index (κ3) is 0.960. The number of nitrogens with zero attached hydrogens (tertiary/aromatic N) is 1. The predicted octanol–water partition coefficient (Wildman–Crippen LogP) is 3.57. The first-order valence-corrected chi connectivity index (χ1v) is 6.75. The molecule has 0 aliphatic heterocycles. The van der Waals surface area contributed by atoms with Crippen molar-refractivity contribution >= 4 is 15.9 Å². The molecule has 0 saturated heterocycles. The lowest BCUT2D eigenvalue weighted by Gasteiger charge is -2.16. The molecule has 6 unspecified atom stereocenters. The van der Waals surface area contributed by atoms with Crippen LogP contribution in [-0.4, -0.2) is 0 Å². The van der Waals surface area contributed by atoms with Gasteiger partial charge in [0.05, 0.1) is 12.0 Å². The molecule has 4 bridgehead atoms. The molecule has 4 aliphatic carbocycles. The van der Waals surface area contributed by atoms with Gasteiger partial charge in [-0.15, -0.1) is 0 Å². The second kappa shape index (κ2) is 2.90. The molecule has 0 radical (unpaired) electrons. The summed E-state index contributed by atoms with van der Waals surface area (Å²) < 4.78 is 1.14. The molecule has 1 aromatic rings. The fraction of sp³-hybridized carbons (Fsp3) is 0.500. The molecule has 1 nitrogen and oxygen atoms in total. The van der Waals surface area contributed by atoms with E-state index in [1.807, 2.05) is 0 Å². The van der Waals surface area contributed by atoms with Gasteiger partial charge in [0.1, 0.15) is 0 Å². The molecule has 1 aromatic carbocycles. The van der Waals surface area contributed by atoms with Gasteiger partial charge in [-0.05, 0) is 53.7 Å². The zero-order valence-electron chi connectivity index (χ0n) is 8.81. The quantitative estimate of drug-likeness (QED) is 0.768. The van der Waals surface area contributed by atoms with Crippen molar-refractivity contribution in [3.63, 3.8) is 0 Å². The van der Waals surface area contributed by atoms with E-state index in [4.69, 9.17) is 0 Å². The minimum absolute atomic E-state index is 0.364. The Labute approximate surface area is 104 Å². The van der Waals surface area contributed by atoms with Crippen molar-refractivity contribution in [3.05, 3.63) is 34.3 Å². The van der Waals surface area contributed by atoms with E-state index in [2.05, 4.69) is 46.3 Å². The average Bonchev–Trinajstić information content (AvgIpc) is 2.67. The van der Waals surface area contributed by atoms with Crippen LogP contribution in [0.3, 0.4) is 0 Å². The normalized spacial score (nSPS) is 46.8. The maximum atomic E-state index is 9.21. The highest BCUT2D eigenvalue weighted by Crippen LogP contribution is 2.78. The molecule has 4 saturated carbocycles. The van der Waals surface area contributed by atoms with Crippen LogP contribution >= 0.6 is 15.9 Å². The van der Waals surface area contributed by atoms with Gasteiger partial charge in [-0.25, -0.2) is 0 Å². The summed E-state index contributed by atoms with van der Waals surface area (Å²) in [5, 5.41) is 9.21. The molecule has 0 spiro atoms. The summed E-state index contributed by atoms with van der Waals surface area (Å²) in [6.45, 7) is 0. The fourth-order valence-corrected chi connectivity index (χ4v) is 4.76. The largest absolute Gasteiger partial charge is 0.198 e. The molecule has 5 rings (SSSR count). The van der Waals surface area contributed by atoms with Gasteiger partial charge < -0.3 is 0 Å². The number of benzene rings is 1. The van der Waals surface area contributed by atoms with Crippen LogP contribution in [0.2, 0.25) is 0 Å². The van der Waals surface area contributed by atoms with Crippen molar-refractivity contribution in [2.24, 2.45) is 29.6 Å². The van der Waals surface area contributed by atoms with E-state index < -0.39 is 0 Å². The average molecular weight is 274 g/mol. The Morgan fingerprint density at radius 3 is 2.44 bits per heavy atom. The standard InChI is InChI=1S/C14H12BrN/c15-8-3-1-7(2-4-8)12-9-5-10-13(14(10)12)11(9)6-16/h1-4,9-14H,5H2. The topological polar surface area (TPSA) is 23.8 Å². The lowest BCUT2D eigenvalue weighted by Crippen LogP contribution is -2.09. The first kappa shape index (κ1) is 9.24. The van der Waals surface area contributed by atoms with Crippen LogP contribution in [0.15, 0.2) is 28.7 Å². The first-order valence-electron chi connectivity index (χ1n) is 5.96. The van der Waals surface area contributed by atoms with Crippen LogP contribution in [0, 0.1) is 40.9 Å². The molecule has 2 heteroatoms. The summed E-state index contributed by atoms with van der Waals surface area (Å²) in [5.74, 6) is 4.20. The first-order chi connectivity index (χ1) is 7.81. The SMILES string of the molecule is N#CC1C2CC3C1C3C2c1ccc(Br)cc1. The van der Waals surface area contributed by atoms with Gasteiger partial charge in [-0.1, -0.05) is 28.1 Å². The molecular formula is C14H12BrN. The van der Waals surface area contributed by atoms with Crippen LogP contribution in [0.5, 0.6) is 0 Å². The van der Waals surface area contributed by atoms with Gasteiger partial charge in [0.25, 0.3) is 0 Å². The van der Waals surface area contributed by atoms with Gasteiger partial charge in [0.15, 0.2) is 0 Å². The number of nitriles is 1. The number of rotatable bonds is 1. The Morgan fingerprint density at radius 2 is 1.88 bits per heavy atom. The zero-order chi connectivity index (χ0) is 10.9. The zero-order valence-corrected chi connectivity index (χ0v) is 10.4. The van der Waals surface area contributed by atoms with Crippen LogP contribution < -0.4 is 0 Å². The summed E-state index contributed by atoms with van der Waals surface area (Å²) in [7, 11) is 0. The number of halogens is 1. The van der Waals surface area contributed by atoms with E-state index in [0.717, 1.165) is 22.2 Å². The van der Waals surface area contributed by atoms with E-state index in [1.54, 1.807) is 0 Å². The Kier molecular flexibility index (Phi) is 1.67. The minimum Gasteiger partial charge on any atom is -0.198 e. The van der Waals surface area contributed by atoms with Crippen molar-refractivity contribution in [1.82, 2.24) is 0 Å². The van der Waals surface area contributed by atoms with E-state index in [1.165, 1.54) is 12.0 Å². The van der Waals surface area contributed by atoms with Crippen molar-refractivity contribution in [3.8, 4) is 6.07 Å². The van der Waals surface area contributed by atoms with E-state index in [-0.39, 0.29) is 0 Å². The van der Waals surface area contributed by atoms with Crippen LogP contribution in [-0.2, 0) is 0 Å². The Morgan fingerprint density at radius 1 is 1.12 bits per heavy atom. The van der Waals surface area contributed by atoms with Crippen molar-refractivity contribution < 1.29 is 0 Å². The fourth-order valence-electron chi connectivity index (χ4n) is 4.49. The predicted molar refractivity (Wildman–Crippen MR) is 64.6 cm³/mol. The van der Waals surface area contributed by atoms with Gasteiger partial charge in [-0.3, -0.25) is 0 Å². The maximum absolute atomic E-state index is 9.21. The van der Waals surface area contributed by atoms with E-state index in [0.29, 0.717) is 17.8 Å². The van der Waals surface area contributed by atoms with Gasteiger partial charge >= 0.3 is 0 Å². The van der Waals surface area contributed by atoms with Crippen LogP contribution in [0.1, 0.15) is 17.9 Å². The Hall–Kier alpha value is -0.810. The number of hydrogen-bond acceptors (Lipinski definition) is 1. The highest BCUT2D eigenvalue weighted by atomic mass is 79.9. The monoisotopic (exact) mass is 273 g/mol. The van der Waals surface area contributed by atoms with E-state index >= 15 is 0 Å². The molecule has 0 N–H and O–H groups in total. The van der Waals surface area contributed by atoms with Crippen molar-refractivity contribution in [2.75, 3.05) is 0 Å². The maximum Gasteiger partial charge on any atom is 0.0662 e. The van der Waals surface area contributed by atoms with Crippen LogP contribution in [0.25, 0.3) is 0 Å². The second-order valence-electron chi connectivity index (χ2n) is 5.45. The summed E-state index contributed by atoms with van der Waals surface area (Å²) in [6.07, 6.45) is 1.31. The molecule has 80 valence electrons. The molecule has 0 heterocycles. The lowest BCUT2D eigenvalue weighted by atomic mass is 9.87. The molecule has 4 aliphatic rings. The van der Waals surface area contributed by atoms with Gasteiger partial charge in [0.2, 0.25) is 0 Å². The smallest absolute Gasteiger partial charge is 0.0662 e. The lowest BCUT2D eigenvalue weighted by molar-refractivity contribution is 0.464. The summed E-state index contributed by atoms with van der Waals surface area (Å²) in [6, 6.07) is 11.3. The third-order valence-electron chi connectivity index (χ3n) is 4.99. The summed E-state index contributed by atoms with van der Waals surface area (Å²) in [5.41, 5.74) is 1.46. The highest BCUT2D eigenvalue weighted by Gasteiger charge is 2.73. The Bertz CT molecular complexity index is 486. The van der Waals surface area contributed by atoms with Crippen molar-refractivity contribution in [1.29, 1.82) is 5.26 Å². The highest BCUT2D eigenvalue weighted by molar-refractivity contribution is 9.10. The van der Waals surface area contributed by atoms with Crippen molar-refractivity contribution in [2.45, 2.75) is 12.3 Å². The third-order valence-corrected chi connectivity index (χ3v) is 5.52. The summed E-state index contributed by atoms with van der Waals surface area (Å²) >= 11 is 3.48. The molecule has 16 heavy (non-hydrogen) atoms.